The van der Waals surface area contributed by atoms with E-state index in [-0.39, 0.29) is 6.04 Å². The van der Waals surface area contributed by atoms with Crippen LogP contribution >= 0.6 is 0 Å². The lowest BCUT2D eigenvalue weighted by atomic mass is 10.2. The number of hydrogen-bond donors (Lipinski definition) is 1. The molecule has 1 aliphatic rings. The van der Waals surface area contributed by atoms with Crippen molar-refractivity contribution in [2.24, 2.45) is 0 Å². The molecule has 7 nitrogen and oxygen atoms in total. The van der Waals surface area contributed by atoms with Gasteiger partial charge in [0.1, 0.15) is 6.04 Å². The summed E-state index contributed by atoms with van der Waals surface area (Å²) in [5.41, 5.74) is 2.51. The highest BCUT2D eigenvalue weighted by Gasteiger charge is 2.37. The second-order valence-electron chi connectivity index (χ2n) is 5.84. The van der Waals surface area contributed by atoms with Crippen molar-refractivity contribution >= 4 is 16.9 Å². The monoisotopic (exact) mass is 311 g/mol. The van der Waals surface area contributed by atoms with Gasteiger partial charge in [-0.25, -0.2) is 9.97 Å². The Labute approximate surface area is 133 Å². The highest BCUT2D eigenvalue weighted by Crippen LogP contribution is 2.36. The molecule has 0 amide bonds. The number of hydrogen-bond acceptors (Lipinski definition) is 7. The van der Waals surface area contributed by atoms with Gasteiger partial charge in [-0.05, 0) is 19.1 Å². The van der Waals surface area contributed by atoms with E-state index in [4.69, 9.17) is 9.40 Å². The average Bonchev–Trinajstić information content (AvgIpc) is 3.12. The van der Waals surface area contributed by atoms with Gasteiger partial charge in [0, 0.05) is 19.9 Å². The second kappa shape index (κ2) is 5.27. The predicted molar refractivity (Wildman–Crippen MR) is 84.0 cm³/mol. The zero-order chi connectivity index (χ0) is 16.0. The maximum Gasteiger partial charge on any atom is 0.238 e. The van der Waals surface area contributed by atoms with E-state index in [0.717, 1.165) is 22.5 Å². The lowest BCUT2D eigenvalue weighted by molar-refractivity contribution is 0.192. The fraction of sp³-hybridized carbons (Fsp3) is 0.375. The molecule has 0 saturated carbocycles. The molecule has 2 atom stereocenters. The molecule has 3 aromatic rings. The third-order valence-electron chi connectivity index (χ3n) is 4.10. The summed E-state index contributed by atoms with van der Waals surface area (Å²) < 4.78 is 5.57. The zero-order valence-electron chi connectivity index (χ0n) is 13.0. The van der Waals surface area contributed by atoms with Crippen molar-refractivity contribution in [2.45, 2.75) is 32.4 Å². The van der Waals surface area contributed by atoms with Crippen LogP contribution in [0.1, 0.15) is 29.9 Å². The molecule has 7 heteroatoms. The van der Waals surface area contributed by atoms with Crippen LogP contribution in [0.5, 0.6) is 0 Å². The van der Waals surface area contributed by atoms with Crippen molar-refractivity contribution in [1.29, 1.82) is 0 Å². The molecule has 3 heterocycles. The average molecular weight is 311 g/mol. The second-order valence-corrected chi connectivity index (χ2v) is 5.84. The van der Waals surface area contributed by atoms with Gasteiger partial charge >= 0.3 is 0 Å². The Morgan fingerprint density at radius 3 is 2.57 bits per heavy atom. The third-order valence-corrected chi connectivity index (χ3v) is 4.10. The standard InChI is InChI=1S/C16H17N5O2/c1-9-15(18-13-6-4-3-5-12(13)17-9)21-8-11(22)7-14(21)16-20-19-10(2)23-16/h3-6,11,14,22H,7-8H2,1-2H3/t11-,14-/m1/s1. The predicted octanol–water partition coefficient (Wildman–Crippen LogP) is 1.94. The molecule has 0 bridgehead atoms. The minimum Gasteiger partial charge on any atom is -0.423 e. The summed E-state index contributed by atoms with van der Waals surface area (Å²) in [5.74, 6) is 1.78. The molecule has 0 radical (unpaired) electrons. The molecule has 4 rings (SSSR count). The number of rotatable bonds is 2. The van der Waals surface area contributed by atoms with Crippen molar-refractivity contribution in [1.82, 2.24) is 20.2 Å². The van der Waals surface area contributed by atoms with Gasteiger partial charge in [0.05, 0.1) is 22.8 Å². The Bertz CT molecular complexity index is 863. The molecule has 0 unspecified atom stereocenters. The maximum atomic E-state index is 10.1. The van der Waals surface area contributed by atoms with Gasteiger partial charge in [-0.3, -0.25) is 0 Å². The van der Waals surface area contributed by atoms with E-state index in [1.807, 2.05) is 36.1 Å². The lowest BCUT2D eigenvalue weighted by Crippen LogP contribution is -2.26. The van der Waals surface area contributed by atoms with E-state index < -0.39 is 6.10 Å². The number of para-hydroxylation sites is 2. The van der Waals surface area contributed by atoms with Gasteiger partial charge in [-0.1, -0.05) is 12.1 Å². The summed E-state index contributed by atoms with van der Waals surface area (Å²) in [6.07, 6.45) is 0.0788. The van der Waals surface area contributed by atoms with Gasteiger partial charge in [-0.15, -0.1) is 10.2 Å². The number of nitrogens with zero attached hydrogens (tertiary/aromatic N) is 5. The van der Waals surface area contributed by atoms with Crippen molar-refractivity contribution in [3.63, 3.8) is 0 Å². The fourth-order valence-corrected chi connectivity index (χ4v) is 3.08. The van der Waals surface area contributed by atoms with E-state index in [1.165, 1.54) is 0 Å². The first-order chi connectivity index (χ1) is 11.1. The summed E-state index contributed by atoms with van der Waals surface area (Å²) >= 11 is 0. The van der Waals surface area contributed by atoms with Crippen molar-refractivity contribution in [3.05, 3.63) is 41.7 Å². The van der Waals surface area contributed by atoms with Gasteiger partial charge in [0.25, 0.3) is 0 Å². The van der Waals surface area contributed by atoms with E-state index in [1.54, 1.807) is 6.92 Å². The fourth-order valence-electron chi connectivity index (χ4n) is 3.08. The number of aryl methyl sites for hydroxylation is 2. The number of β-amino-alcohol motifs (C(OH)–C–C–N with tert-alkyl or cyclic N) is 1. The molecule has 0 aliphatic carbocycles. The summed E-state index contributed by atoms with van der Waals surface area (Å²) in [4.78, 5) is 11.4. The Balaban J connectivity index is 1.79. The largest absolute Gasteiger partial charge is 0.423 e. The summed E-state index contributed by atoms with van der Waals surface area (Å²) in [6, 6.07) is 7.58. The van der Waals surface area contributed by atoms with Crippen LogP contribution in [-0.2, 0) is 0 Å². The smallest absolute Gasteiger partial charge is 0.238 e. The van der Waals surface area contributed by atoms with Gasteiger partial charge < -0.3 is 14.4 Å². The highest BCUT2D eigenvalue weighted by molar-refractivity contribution is 5.76. The molecule has 2 aromatic heterocycles. The highest BCUT2D eigenvalue weighted by atomic mass is 16.4. The Morgan fingerprint density at radius 1 is 1.13 bits per heavy atom. The van der Waals surface area contributed by atoms with Crippen LogP contribution in [0.25, 0.3) is 11.0 Å². The number of aliphatic hydroxyl groups is 1. The molecule has 1 saturated heterocycles. The first-order valence-electron chi connectivity index (χ1n) is 7.60. The number of fused-ring (bicyclic) bond motifs is 1. The van der Waals surface area contributed by atoms with E-state index >= 15 is 0 Å². The topological polar surface area (TPSA) is 88.2 Å². The van der Waals surface area contributed by atoms with Crippen molar-refractivity contribution in [3.8, 4) is 0 Å². The van der Waals surface area contributed by atoms with Crippen molar-refractivity contribution < 1.29 is 9.52 Å². The number of anilines is 1. The number of aliphatic hydroxyl groups excluding tert-OH is 1. The van der Waals surface area contributed by atoms with Crippen LogP contribution in [0.3, 0.4) is 0 Å². The number of aromatic nitrogens is 4. The first-order valence-corrected chi connectivity index (χ1v) is 7.60. The summed E-state index contributed by atoms with van der Waals surface area (Å²) in [6.45, 7) is 4.16. The normalized spacial score (nSPS) is 21.3. The molecule has 118 valence electrons. The third kappa shape index (κ3) is 2.43. The first kappa shape index (κ1) is 14.1. The quantitative estimate of drug-likeness (QED) is 0.773. The van der Waals surface area contributed by atoms with Crippen LogP contribution in [0.4, 0.5) is 5.82 Å². The molecule has 1 fully saturated rings. The van der Waals surface area contributed by atoms with Crippen LogP contribution in [0.15, 0.2) is 28.7 Å². The molecule has 1 aliphatic heterocycles. The van der Waals surface area contributed by atoms with Gasteiger partial charge in [0.15, 0.2) is 5.82 Å². The van der Waals surface area contributed by atoms with E-state index in [9.17, 15) is 5.11 Å². The Kier molecular flexibility index (Phi) is 3.23. The lowest BCUT2D eigenvalue weighted by Gasteiger charge is -2.24. The van der Waals surface area contributed by atoms with E-state index in [0.29, 0.717) is 24.7 Å². The summed E-state index contributed by atoms with van der Waals surface area (Å²) in [7, 11) is 0. The van der Waals surface area contributed by atoms with E-state index in [2.05, 4.69) is 15.2 Å². The molecule has 0 spiro atoms. The molecule has 1 N–H and O–H groups in total. The molecular weight excluding hydrogens is 294 g/mol. The van der Waals surface area contributed by atoms with Gasteiger partial charge in [-0.2, -0.15) is 0 Å². The zero-order valence-corrected chi connectivity index (χ0v) is 13.0. The van der Waals surface area contributed by atoms with Crippen LogP contribution in [0, 0.1) is 13.8 Å². The van der Waals surface area contributed by atoms with Crippen LogP contribution < -0.4 is 4.90 Å². The molecule has 23 heavy (non-hydrogen) atoms. The minimum absolute atomic E-state index is 0.180. The van der Waals surface area contributed by atoms with Gasteiger partial charge in [0.2, 0.25) is 11.8 Å². The van der Waals surface area contributed by atoms with Crippen LogP contribution in [0.2, 0.25) is 0 Å². The number of benzene rings is 1. The van der Waals surface area contributed by atoms with Crippen LogP contribution in [-0.4, -0.2) is 37.9 Å². The Hall–Kier alpha value is -2.54. The molecule has 1 aromatic carbocycles. The van der Waals surface area contributed by atoms with Crippen molar-refractivity contribution in [2.75, 3.05) is 11.4 Å². The minimum atomic E-state index is -0.458. The SMILES string of the molecule is Cc1nnc([C@H]2C[C@@H](O)CN2c2nc3ccccc3nc2C)o1. The summed E-state index contributed by atoms with van der Waals surface area (Å²) in [5, 5.41) is 18.1. The molecular formula is C16H17N5O2. The maximum absolute atomic E-state index is 10.1. The Morgan fingerprint density at radius 2 is 1.87 bits per heavy atom.